The van der Waals surface area contributed by atoms with Gasteiger partial charge in [0.05, 0.1) is 5.41 Å². The topological polar surface area (TPSA) is 51.8 Å². The average Bonchev–Trinajstić information content (AvgIpc) is 4.05. The van der Waals surface area contributed by atoms with Gasteiger partial charge in [-0.1, -0.05) is 206 Å². The summed E-state index contributed by atoms with van der Waals surface area (Å²) in [6, 6.07) is 84.4. The maximum Gasteiger partial charge on any atom is 0.164 e. The van der Waals surface area contributed by atoms with Crippen LogP contribution in [0.15, 0.2) is 241 Å². The quantitative estimate of drug-likeness (QED) is 0.167. The second kappa shape index (κ2) is 15.0. The van der Waals surface area contributed by atoms with E-state index in [4.69, 9.17) is 19.4 Å². The summed E-state index contributed by atoms with van der Waals surface area (Å²) in [7, 11) is 0. The number of benzene rings is 10. The fraction of sp³-hybridized carbons (Fsp3) is 0.0156. The van der Waals surface area contributed by atoms with E-state index in [0.717, 1.165) is 72.0 Å². The van der Waals surface area contributed by atoms with Gasteiger partial charge in [-0.05, 0) is 108 Å². The van der Waals surface area contributed by atoms with Crippen LogP contribution < -0.4 is 0 Å². The zero-order valence-electron chi connectivity index (χ0n) is 36.8. The molecule has 1 spiro atoms. The van der Waals surface area contributed by atoms with Gasteiger partial charge in [-0.3, -0.25) is 0 Å². The number of fused-ring (bicyclic) bond motifs is 13. The van der Waals surface area contributed by atoms with Crippen LogP contribution in [0.2, 0.25) is 0 Å². The molecule has 316 valence electrons. The van der Waals surface area contributed by atoms with Crippen molar-refractivity contribution < 1.29 is 4.42 Å². The first-order valence-electron chi connectivity index (χ1n) is 23.2. The van der Waals surface area contributed by atoms with Gasteiger partial charge in [0, 0.05) is 27.5 Å². The summed E-state index contributed by atoms with van der Waals surface area (Å²) >= 11 is 0. The van der Waals surface area contributed by atoms with Crippen LogP contribution >= 0.6 is 0 Å². The summed E-state index contributed by atoms with van der Waals surface area (Å²) in [5, 5.41) is 1.97. The molecule has 12 aromatic rings. The van der Waals surface area contributed by atoms with Crippen LogP contribution in [-0.2, 0) is 5.41 Å². The lowest BCUT2D eigenvalue weighted by Crippen LogP contribution is -2.25. The molecule has 0 atom stereocenters. The number of nitrogens with zero attached hydrogens (tertiary/aromatic N) is 3. The summed E-state index contributed by atoms with van der Waals surface area (Å²) in [5.74, 6) is 1.77. The van der Waals surface area contributed by atoms with Gasteiger partial charge in [0.25, 0.3) is 0 Å². The predicted molar refractivity (Wildman–Crippen MR) is 276 cm³/mol. The molecule has 2 heterocycles. The first-order chi connectivity index (χ1) is 33.7. The Morgan fingerprint density at radius 3 is 1.44 bits per heavy atom. The zero-order valence-corrected chi connectivity index (χ0v) is 36.8. The molecule has 2 aliphatic rings. The molecule has 4 heteroatoms. The fourth-order valence-corrected chi connectivity index (χ4v) is 11.2. The van der Waals surface area contributed by atoms with Gasteiger partial charge in [0.2, 0.25) is 0 Å². The van der Waals surface area contributed by atoms with Crippen LogP contribution in [0.3, 0.4) is 0 Å². The van der Waals surface area contributed by atoms with Gasteiger partial charge in [0.1, 0.15) is 11.2 Å². The van der Waals surface area contributed by atoms with Crippen LogP contribution in [0.4, 0.5) is 0 Å². The van der Waals surface area contributed by atoms with Crippen molar-refractivity contribution in [3.63, 3.8) is 0 Å². The lowest BCUT2D eigenvalue weighted by atomic mass is 9.70. The lowest BCUT2D eigenvalue weighted by Gasteiger charge is -2.30. The number of hydrogen-bond donors (Lipinski definition) is 0. The van der Waals surface area contributed by atoms with Crippen molar-refractivity contribution in [3.8, 4) is 89.8 Å². The number of rotatable bonds is 6. The molecule has 10 aromatic carbocycles. The minimum Gasteiger partial charge on any atom is -0.456 e. The van der Waals surface area contributed by atoms with Gasteiger partial charge in [-0.2, -0.15) is 0 Å². The Hall–Kier alpha value is -8.99. The smallest absolute Gasteiger partial charge is 0.164 e. The third-order valence-corrected chi connectivity index (χ3v) is 14.2. The Morgan fingerprint density at radius 2 is 0.735 bits per heavy atom. The predicted octanol–water partition coefficient (Wildman–Crippen LogP) is 16.1. The van der Waals surface area contributed by atoms with Crippen LogP contribution in [0.5, 0.6) is 0 Å². The molecule has 0 N–H and O–H groups in total. The number of aromatic nitrogens is 3. The Labute approximate surface area is 393 Å². The molecule has 14 rings (SSSR count). The minimum atomic E-state index is -0.385. The molecule has 0 aliphatic heterocycles. The molecule has 0 saturated heterocycles. The van der Waals surface area contributed by atoms with Crippen molar-refractivity contribution in [2.24, 2.45) is 0 Å². The van der Waals surface area contributed by atoms with E-state index in [2.05, 4.69) is 212 Å². The van der Waals surface area contributed by atoms with E-state index < -0.39 is 0 Å². The van der Waals surface area contributed by atoms with Crippen molar-refractivity contribution in [1.82, 2.24) is 15.0 Å². The van der Waals surface area contributed by atoms with E-state index in [1.165, 1.54) is 44.5 Å². The Morgan fingerprint density at radius 1 is 0.265 bits per heavy atom. The molecule has 68 heavy (non-hydrogen) atoms. The van der Waals surface area contributed by atoms with E-state index in [1.807, 2.05) is 24.3 Å². The lowest BCUT2D eigenvalue weighted by molar-refractivity contribution is 0.669. The van der Waals surface area contributed by atoms with Gasteiger partial charge < -0.3 is 4.42 Å². The summed E-state index contributed by atoms with van der Waals surface area (Å²) in [4.78, 5) is 15.9. The maximum atomic E-state index is 6.66. The Kier molecular flexibility index (Phi) is 8.46. The van der Waals surface area contributed by atoms with Crippen LogP contribution in [0, 0.1) is 0 Å². The second-order valence-electron chi connectivity index (χ2n) is 17.8. The summed E-state index contributed by atoms with van der Waals surface area (Å²) in [6.45, 7) is 0. The minimum absolute atomic E-state index is 0.385. The molecule has 0 amide bonds. The summed E-state index contributed by atoms with van der Waals surface area (Å²) in [5.41, 5.74) is 21.0. The Balaban J connectivity index is 0.947. The Bertz CT molecular complexity index is 3940. The molecular formula is C64H39N3O. The van der Waals surface area contributed by atoms with Gasteiger partial charge in [-0.25, -0.2) is 15.0 Å². The van der Waals surface area contributed by atoms with Gasteiger partial charge >= 0.3 is 0 Å². The molecule has 2 aromatic heterocycles. The molecule has 0 unspecified atom stereocenters. The monoisotopic (exact) mass is 865 g/mol. The highest BCUT2D eigenvalue weighted by Crippen LogP contribution is 2.63. The van der Waals surface area contributed by atoms with E-state index in [9.17, 15) is 0 Å². The molecular weight excluding hydrogens is 827 g/mol. The third kappa shape index (κ3) is 5.71. The van der Waals surface area contributed by atoms with Crippen LogP contribution in [-0.4, -0.2) is 15.0 Å². The highest BCUT2D eigenvalue weighted by atomic mass is 16.3. The summed E-state index contributed by atoms with van der Waals surface area (Å²) < 4.78 is 6.66. The van der Waals surface area contributed by atoms with E-state index in [-0.39, 0.29) is 5.41 Å². The molecule has 0 bridgehead atoms. The average molecular weight is 866 g/mol. The number of furan rings is 1. The SMILES string of the molecule is c1ccc(-c2cccc(-c3nc(-c4ccccc4-c4ccccc4)nc(-c4cccc5oc6ccc(-c7ccc8c(c7)-c7ccccc7C87c8ccccc8-c8ccccc87)cc6c45)n3)c2)cc1. The molecule has 0 saturated carbocycles. The maximum absolute atomic E-state index is 6.66. The highest BCUT2D eigenvalue weighted by Gasteiger charge is 2.51. The van der Waals surface area contributed by atoms with Crippen molar-refractivity contribution in [2.75, 3.05) is 0 Å². The van der Waals surface area contributed by atoms with Gasteiger partial charge in [0.15, 0.2) is 17.5 Å². The van der Waals surface area contributed by atoms with E-state index >= 15 is 0 Å². The van der Waals surface area contributed by atoms with Crippen molar-refractivity contribution >= 4 is 21.9 Å². The molecule has 4 nitrogen and oxygen atoms in total. The van der Waals surface area contributed by atoms with Crippen molar-refractivity contribution in [3.05, 3.63) is 259 Å². The van der Waals surface area contributed by atoms with E-state index in [0.29, 0.717) is 17.5 Å². The number of hydrogen-bond acceptors (Lipinski definition) is 4. The van der Waals surface area contributed by atoms with Crippen molar-refractivity contribution in [1.29, 1.82) is 0 Å². The third-order valence-electron chi connectivity index (χ3n) is 14.2. The first kappa shape index (κ1) is 38.3. The normalized spacial score (nSPS) is 12.8. The standard InChI is InChI=1S/C64H39N3O/c1-3-17-40(18-4-1)42-21-15-22-45(37-42)61-65-62(50-27-8-7-23-46(50)41-19-5-2-6-20-41)67-63(66-61)51-28-16-32-59-60(51)53-39-44(34-36-58(53)68-59)43-33-35-57-52(38-43)49-26-11-14-31-56(49)64(57)54-29-12-9-24-47(54)48-25-10-13-30-55(48)64/h1-39H. The van der Waals surface area contributed by atoms with Crippen molar-refractivity contribution in [2.45, 2.75) is 5.41 Å². The second-order valence-corrected chi connectivity index (χ2v) is 17.8. The van der Waals surface area contributed by atoms with Gasteiger partial charge in [-0.15, -0.1) is 0 Å². The highest BCUT2D eigenvalue weighted by molar-refractivity contribution is 6.13. The zero-order chi connectivity index (χ0) is 44.8. The van der Waals surface area contributed by atoms with E-state index in [1.54, 1.807) is 0 Å². The summed E-state index contributed by atoms with van der Waals surface area (Å²) in [6.07, 6.45) is 0. The molecule has 0 fully saturated rings. The largest absolute Gasteiger partial charge is 0.456 e. The fourth-order valence-electron chi connectivity index (χ4n) is 11.2. The first-order valence-corrected chi connectivity index (χ1v) is 23.2. The molecule has 2 aliphatic carbocycles. The van der Waals surface area contributed by atoms with Crippen LogP contribution in [0.25, 0.3) is 112 Å². The van der Waals surface area contributed by atoms with Crippen LogP contribution in [0.1, 0.15) is 22.3 Å². The molecule has 0 radical (unpaired) electrons.